The lowest BCUT2D eigenvalue weighted by molar-refractivity contribution is 0.153. The maximum Gasteiger partial charge on any atom is 0.0477 e. The Balaban J connectivity index is 0.00000161. The second-order valence-electron chi connectivity index (χ2n) is 5.22. The molecule has 1 atom stereocenters. The van der Waals surface area contributed by atoms with E-state index in [1.807, 2.05) is 24.7 Å². The first-order chi connectivity index (χ1) is 9.84. The van der Waals surface area contributed by atoms with Crippen molar-refractivity contribution in [2.24, 2.45) is 0 Å². The largest absolute Gasteiger partial charge is 0.314 e. The predicted octanol–water partition coefficient (Wildman–Crippen LogP) is 2.35. The number of aryl methyl sites for hydroxylation is 1. The Bertz CT molecular complexity index is 561. The number of piperazine rings is 1. The van der Waals surface area contributed by atoms with Gasteiger partial charge in [0.2, 0.25) is 0 Å². The molecule has 0 radical (unpaired) electrons. The fourth-order valence-electron chi connectivity index (χ4n) is 2.75. The van der Waals surface area contributed by atoms with Gasteiger partial charge in [0.1, 0.15) is 0 Å². The molecule has 1 N–H and O–H groups in total. The molecule has 0 spiro atoms. The summed E-state index contributed by atoms with van der Waals surface area (Å²) in [6, 6.07) is 8.83. The zero-order valence-corrected chi connectivity index (χ0v) is 13.0. The topological polar surface area (TPSA) is 41.1 Å². The van der Waals surface area contributed by atoms with E-state index in [-0.39, 0.29) is 12.4 Å². The highest BCUT2D eigenvalue weighted by Crippen LogP contribution is 2.24. The van der Waals surface area contributed by atoms with Gasteiger partial charge in [0.25, 0.3) is 0 Å². The minimum Gasteiger partial charge on any atom is -0.314 e. The molecule has 4 nitrogen and oxygen atoms in total. The van der Waals surface area contributed by atoms with E-state index < -0.39 is 0 Å². The molecule has 21 heavy (non-hydrogen) atoms. The second kappa shape index (κ2) is 7.50. The van der Waals surface area contributed by atoms with E-state index in [1.54, 1.807) is 0 Å². The van der Waals surface area contributed by atoms with Crippen LogP contribution in [0, 0.1) is 6.92 Å². The Morgan fingerprint density at radius 3 is 2.81 bits per heavy atom. The van der Waals surface area contributed by atoms with Crippen molar-refractivity contribution in [2.75, 3.05) is 19.6 Å². The molecule has 0 saturated carbocycles. The zero-order chi connectivity index (χ0) is 13.8. The second-order valence-corrected chi connectivity index (χ2v) is 5.22. The van der Waals surface area contributed by atoms with Crippen LogP contribution >= 0.6 is 12.4 Å². The van der Waals surface area contributed by atoms with Crippen molar-refractivity contribution in [2.45, 2.75) is 19.5 Å². The number of aromatic nitrogens is 2. The molecule has 0 aliphatic carbocycles. The van der Waals surface area contributed by atoms with Crippen LogP contribution < -0.4 is 5.32 Å². The minimum absolute atomic E-state index is 0. The van der Waals surface area contributed by atoms with E-state index in [4.69, 9.17) is 0 Å². The van der Waals surface area contributed by atoms with E-state index in [1.165, 1.54) is 11.1 Å². The van der Waals surface area contributed by atoms with Gasteiger partial charge in [0.15, 0.2) is 0 Å². The van der Waals surface area contributed by atoms with E-state index >= 15 is 0 Å². The molecule has 1 fully saturated rings. The molecular weight excluding hydrogens is 284 g/mol. The average molecular weight is 305 g/mol. The van der Waals surface area contributed by atoms with Crippen molar-refractivity contribution < 1.29 is 0 Å². The van der Waals surface area contributed by atoms with Gasteiger partial charge in [-0.05, 0) is 36.2 Å². The Kier molecular flexibility index (Phi) is 5.67. The van der Waals surface area contributed by atoms with Crippen LogP contribution in [0.3, 0.4) is 0 Å². The molecule has 3 rings (SSSR count). The first-order valence-electron chi connectivity index (χ1n) is 7.10. The van der Waals surface area contributed by atoms with Gasteiger partial charge in [0.05, 0.1) is 0 Å². The third kappa shape index (κ3) is 3.79. The molecule has 1 unspecified atom stereocenters. The lowest BCUT2D eigenvalue weighted by Crippen LogP contribution is -2.45. The van der Waals surface area contributed by atoms with Gasteiger partial charge in [-0.3, -0.25) is 14.9 Å². The molecule has 5 heteroatoms. The van der Waals surface area contributed by atoms with Gasteiger partial charge in [0, 0.05) is 56.5 Å². The van der Waals surface area contributed by atoms with Gasteiger partial charge in [-0.1, -0.05) is 6.07 Å². The van der Waals surface area contributed by atoms with E-state index in [9.17, 15) is 0 Å². The first kappa shape index (κ1) is 15.9. The molecular formula is C16H21ClN4. The van der Waals surface area contributed by atoms with Crippen LogP contribution in [0.25, 0.3) is 0 Å². The van der Waals surface area contributed by atoms with Gasteiger partial charge >= 0.3 is 0 Å². The number of halogens is 1. The molecule has 1 aliphatic rings. The molecule has 1 saturated heterocycles. The lowest BCUT2D eigenvalue weighted by atomic mass is 10.0. The minimum atomic E-state index is 0. The summed E-state index contributed by atoms with van der Waals surface area (Å²) in [4.78, 5) is 11.0. The van der Waals surface area contributed by atoms with Crippen LogP contribution in [0.2, 0.25) is 0 Å². The van der Waals surface area contributed by atoms with Crippen molar-refractivity contribution in [3.63, 3.8) is 0 Å². The summed E-state index contributed by atoms with van der Waals surface area (Å²) in [7, 11) is 0. The summed E-state index contributed by atoms with van der Waals surface area (Å²) in [5.41, 5.74) is 3.77. The Labute approximate surface area is 132 Å². The van der Waals surface area contributed by atoms with Crippen molar-refractivity contribution in [3.05, 3.63) is 59.7 Å². The van der Waals surface area contributed by atoms with Crippen LogP contribution in [0.15, 0.2) is 42.9 Å². The molecule has 0 amide bonds. The van der Waals surface area contributed by atoms with E-state index in [0.29, 0.717) is 6.04 Å². The number of nitrogens with zero attached hydrogens (tertiary/aromatic N) is 3. The molecule has 2 aromatic rings. The Hall–Kier alpha value is -1.49. The van der Waals surface area contributed by atoms with Crippen LogP contribution in [-0.4, -0.2) is 34.5 Å². The van der Waals surface area contributed by atoms with Gasteiger partial charge < -0.3 is 5.32 Å². The number of nitrogens with one attached hydrogen (secondary N) is 1. The summed E-state index contributed by atoms with van der Waals surface area (Å²) in [5, 5.41) is 3.49. The van der Waals surface area contributed by atoms with Crippen LogP contribution in [0.1, 0.15) is 22.9 Å². The van der Waals surface area contributed by atoms with Crippen LogP contribution in [-0.2, 0) is 6.54 Å². The number of rotatable bonds is 3. The van der Waals surface area contributed by atoms with Crippen molar-refractivity contribution >= 4 is 12.4 Å². The maximum absolute atomic E-state index is 4.39. The zero-order valence-electron chi connectivity index (χ0n) is 12.2. The van der Waals surface area contributed by atoms with Crippen molar-refractivity contribution in [3.8, 4) is 0 Å². The Morgan fingerprint density at radius 2 is 2.05 bits per heavy atom. The smallest absolute Gasteiger partial charge is 0.0477 e. The van der Waals surface area contributed by atoms with E-state index in [2.05, 4.69) is 45.3 Å². The predicted molar refractivity (Wildman–Crippen MR) is 86.5 cm³/mol. The molecule has 0 bridgehead atoms. The normalized spacial score (nSPS) is 19.0. The highest BCUT2D eigenvalue weighted by Gasteiger charge is 2.24. The van der Waals surface area contributed by atoms with Crippen molar-refractivity contribution in [1.82, 2.24) is 20.2 Å². The molecule has 3 heterocycles. The fourth-order valence-corrected chi connectivity index (χ4v) is 2.75. The highest BCUT2D eigenvalue weighted by atomic mass is 35.5. The SMILES string of the molecule is Cc1ncccc1CN1CCNCC1c1ccncc1.Cl. The highest BCUT2D eigenvalue weighted by molar-refractivity contribution is 5.85. The number of hydrogen-bond acceptors (Lipinski definition) is 4. The summed E-state index contributed by atoms with van der Waals surface area (Å²) < 4.78 is 0. The monoisotopic (exact) mass is 304 g/mol. The van der Waals surface area contributed by atoms with E-state index in [0.717, 1.165) is 31.9 Å². The number of pyridine rings is 2. The third-order valence-corrected chi connectivity index (χ3v) is 3.93. The summed E-state index contributed by atoms with van der Waals surface area (Å²) in [6.07, 6.45) is 5.60. The van der Waals surface area contributed by atoms with Gasteiger partial charge in [-0.2, -0.15) is 0 Å². The fraction of sp³-hybridized carbons (Fsp3) is 0.375. The standard InChI is InChI=1S/C16H20N4.ClH/c1-13-15(3-2-6-19-13)12-20-10-9-18-11-16(20)14-4-7-17-8-5-14;/h2-8,16,18H,9-12H2,1H3;1H. The van der Waals surface area contributed by atoms with Crippen molar-refractivity contribution in [1.29, 1.82) is 0 Å². The first-order valence-corrected chi connectivity index (χ1v) is 7.10. The maximum atomic E-state index is 4.39. The Morgan fingerprint density at radius 1 is 1.24 bits per heavy atom. The van der Waals surface area contributed by atoms with Crippen LogP contribution in [0.5, 0.6) is 0 Å². The summed E-state index contributed by atoms with van der Waals surface area (Å²) >= 11 is 0. The molecule has 112 valence electrons. The average Bonchev–Trinajstić information content (AvgIpc) is 2.51. The quantitative estimate of drug-likeness (QED) is 0.945. The molecule has 0 aromatic carbocycles. The summed E-state index contributed by atoms with van der Waals surface area (Å²) in [6.45, 7) is 6.12. The number of hydrogen-bond donors (Lipinski definition) is 1. The van der Waals surface area contributed by atoms with Crippen LogP contribution in [0.4, 0.5) is 0 Å². The summed E-state index contributed by atoms with van der Waals surface area (Å²) in [5.74, 6) is 0. The van der Waals surface area contributed by atoms with Gasteiger partial charge in [-0.15, -0.1) is 12.4 Å². The molecule has 1 aliphatic heterocycles. The molecule has 2 aromatic heterocycles. The third-order valence-electron chi connectivity index (χ3n) is 3.93. The van der Waals surface area contributed by atoms with Gasteiger partial charge in [-0.25, -0.2) is 0 Å². The lowest BCUT2D eigenvalue weighted by Gasteiger charge is -2.36.